The number of fused-ring (bicyclic) bond motifs is 1. The predicted octanol–water partition coefficient (Wildman–Crippen LogP) is 6.46. The Morgan fingerprint density at radius 1 is 1.03 bits per heavy atom. The molecule has 4 heterocycles. The van der Waals surface area contributed by atoms with Gasteiger partial charge in [-0.05, 0) is 50.8 Å². The van der Waals surface area contributed by atoms with Crippen LogP contribution >= 0.6 is 0 Å². The van der Waals surface area contributed by atoms with Crippen LogP contribution in [0.25, 0.3) is 22.3 Å². The standard InChI is InChI=1S/C26H22F5N5O/c1-13-25(26(29,30)31)35-24-21(33-13)10-20(34-23(24)18-5-2-16(27)9-19(18)28)14-6-7-37-22(8-14)15-11-32-36(12-15)17-3-4-17/h2,5,9-12,14,17,22H,3-4,6-8H2,1H3/t14-,22-/m1/s1. The molecule has 192 valence electrons. The van der Waals surface area contributed by atoms with Crippen LogP contribution in [-0.4, -0.2) is 31.3 Å². The smallest absolute Gasteiger partial charge is 0.373 e. The van der Waals surface area contributed by atoms with Crippen LogP contribution in [0.15, 0.2) is 36.7 Å². The minimum Gasteiger partial charge on any atom is -0.373 e. The summed E-state index contributed by atoms with van der Waals surface area (Å²) in [4.78, 5) is 12.6. The summed E-state index contributed by atoms with van der Waals surface area (Å²) in [5, 5.41) is 4.44. The van der Waals surface area contributed by atoms with Crippen LogP contribution in [0.2, 0.25) is 0 Å². The number of nitrogens with zero attached hydrogens (tertiary/aromatic N) is 5. The first kappa shape index (κ1) is 23.9. The molecule has 0 radical (unpaired) electrons. The van der Waals surface area contributed by atoms with Gasteiger partial charge in [0, 0.05) is 41.6 Å². The topological polar surface area (TPSA) is 65.7 Å². The fourth-order valence-corrected chi connectivity index (χ4v) is 4.87. The van der Waals surface area contributed by atoms with Crippen LogP contribution < -0.4 is 0 Å². The summed E-state index contributed by atoms with van der Waals surface area (Å²) < 4.78 is 77.2. The van der Waals surface area contributed by atoms with Crippen molar-refractivity contribution < 1.29 is 26.7 Å². The third kappa shape index (κ3) is 4.56. The van der Waals surface area contributed by atoms with Crippen molar-refractivity contribution in [2.24, 2.45) is 0 Å². The lowest BCUT2D eigenvalue weighted by atomic mass is 9.89. The zero-order valence-corrected chi connectivity index (χ0v) is 19.8. The molecular weight excluding hydrogens is 493 g/mol. The lowest BCUT2D eigenvalue weighted by molar-refractivity contribution is -0.141. The highest BCUT2D eigenvalue weighted by atomic mass is 19.4. The number of benzene rings is 1. The van der Waals surface area contributed by atoms with E-state index in [1.807, 2.05) is 10.9 Å². The first-order valence-electron chi connectivity index (χ1n) is 12.0. The van der Waals surface area contributed by atoms with E-state index in [0.29, 0.717) is 37.3 Å². The van der Waals surface area contributed by atoms with Crippen LogP contribution in [-0.2, 0) is 10.9 Å². The molecular formula is C26H22F5N5O. The van der Waals surface area contributed by atoms with E-state index in [0.717, 1.165) is 30.5 Å². The second-order valence-electron chi connectivity index (χ2n) is 9.61. The molecule has 4 aromatic rings. The zero-order valence-electron chi connectivity index (χ0n) is 19.8. The van der Waals surface area contributed by atoms with Gasteiger partial charge in [0.15, 0.2) is 5.69 Å². The summed E-state index contributed by atoms with van der Waals surface area (Å²) in [6.45, 7) is 1.68. The minimum absolute atomic E-state index is 0.104. The van der Waals surface area contributed by atoms with Gasteiger partial charge in [0.2, 0.25) is 0 Å². The Morgan fingerprint density at radius 2 is 1.84 bits per heavy atom. The van der Waals surface area contributed by atoms with Crippen molar-refractivity contribution in [3.63, 3.8) is 0 Å². The summed E-state index contributed by atoms with van der Waals surface area (Å²) in [5.41, 5.74) is -0.242. The van der Waals surface area contributed by atoms with Crippen LogP contribution in [0.1, 0.15) is 66.4 Å². The molecule has 2 aliphatic rings. The van der Waals surface area contributed by atoms with Gasteiger partial charge in [-0.1, -0.05) is 0 Å². The molecule has 1 saturated heterocycles. The number of alkyl halides is 3. The number of hydrogen-bond donors (Lipinski definition) is 0. The molecule has 6 rings (SSSR count). The third-order valence-corrected chi connectivity index (χ3v) is 6.92. The van der Waals surface area contributed by atoms with Crippen LogP contribution in [0, 0.1) is 18.6 Å². The molecule has 3 aromatic heterocycles. The number of pyridine rings is 1. The molecule has 0 amide bonds. The van der Waals surface area contributed by atoms with Crippen LogP contribution in [0.4, 0.5) is 22.0 Å². The monoisotopic (exact) mass is 515 g/mol. The first-order chi connectivity index (χ1) is 17.7. The Kier molecular flexibility index (Phi) is 5.70. The number of hydrogen-bond acceptors (Lipinski definition) is 5. The molecule has 6 nitrogen and oxygen atoms in total. The molecule has 11 heteroatoms. The van der Waals surface area contributed by atoms with E-state index in [2.05, 4.69) is 20.1 Å². The average molecular weight is 515 g/mol. The summed E-state index contributed by atoms with van der Waals surface area (Å²) >= 11 is 0. The normalized spacial score (nSPS) is 20.5. The summed E-state index contributed by atoms with van der Waals surface area (Å²) in [7, 11) is 0. The molecule has 2 fully saturated rings. The van der Waals surface area contributed by atoms with Crippen molar-refractivity contribution in [3.05, 3.63) is 70.9 Å². The molecule has 2 atom stereocenters. The van der Waals surface area contributed by atoms with E-state index < -0.39 is 23.5 Å². The lowest BCUT2D eigenvalue weighted by Crippen LogP contribution is -2.20. The molecule has 0 unspecified atom stereocenters. The third-order valence-electron chi connectivity index (χ3n) is 6.92. The Morgan fingerprint density at radius 3 is 2.57 bits per heavy atom. The van der Waals surface area contributed by atoms with E-state index in [1.54, 1.807) is 12.3 Å². The molecule has 1 aliphatic heterocycles. The molecule has 1 aromatic carbocycles. The highest BCUT2D eigenvalue weighted by molar-refractivity contribution is 5.89. The van der Waals surface area contributed by atoms with E-state index >= 15 is 0 Å². The van der Waals surface area contributed by atoms with Gasteiger partial charge in [0.25, 0.3) is 0 Å². The second kappa shape index (κ2) is 8.83. The summed E-state index contributed by atoms with van der Waals surface area (Å²) in [6.07, 6.45) is 2.21. The quantitative estimate of drug-likeness (QED) is 0.292. The molecule has 1 saturated carbocycles. The van der Waals surface area contributed by atoms with Crippen molar-refractivity contribution in [2.75, 3.05) is 6.61 Å². The van der Waals surface area contributed by atoms with E-state index in [4.69, 9.17) is 4.74 Å². The molecule has 1 aliphatic carbocycles. The maximum atomic E-state index is 14.8. The molecule has 0 N–H and O–H groups in total. The number of aromatic nitrogens is 5. The van der Waals surface area contributed by atoms with Crippen LogP contribution in [0.3, 0.4) is 0 Å². The average Bonchev–Trinajstić information content (AvgIpc) is 3.58. The Balaban J connectivity index is 1.44. The summed E-state index contributed by atoms with van der Waals surface area (Å²) in [5.74, 6) is -1.88. The highest BCUT2D eigenvalue weighted by Gasteiger charge is 2.36. The fraction of sp³-hybridized carbons (Fsp3) is 0.385. The zero-order chi connectivity index (χ0) is 25.9. The van der Waals surface area contributed by atoms with Gasteiger partial charge in [-0.2, -0.15) is 18.3 Å². The predicted molar refractivity (Wildman–Crippen MR) is 124 cm³/mol. The van der Waals surface area contributed by atoms with Gasteiger partial charge in [-0.25, -0.2) is 23.7 Å². The van der Waals surface area contributed by atoms with Crippen LogP contribution in [0.5, 0.6) is 0 Å². The van der Waals surface area contributed by atoms with E-state index in [9.17, 15) is 22.0 Å². The fourth-order valence-electron chi connectivity index (χ4n) is 4.87. The largest absolute Gasteiger partial charge is 0.435 e. The minimum atomic E-state index is -4.75. The molecule has 0 bridgehead atoms. The number of rotatable bonds is 4. The number of aryl methyl sites for hydroxylation is 1. The van der Waals surface area contributed by atoms with Gasteiger partial charge in [0.1, 0.15) is 22.8 Å². The van der Waals surface area contributed by atoms with Gasteiger partial charge in [0.05, 0.1) is 29.6 Å². The Labute approximate surface area is 208 Å². The highest BCUT2D eigenvalue weighted by Crippen LogP contribution is 2.41. The number of halogens is 5. The second-order valence-corrected chi connectivity index (χ2v) is 9.61. The maximum absolute atomic E-state index is 14.8. The first-order valence-corrected chi connectivity index (χ1v) is 12.0. The Bertz CT molecular complexity index is 1500. The van der Waals surface area contributed by atoms with Crippen molar-refractivity contribution in [3.8, 4) is 11.3 Å². The SMILES string of the molecule is Cc1nc2cc([C@@H]3CCO[C@@H](c4cnn(C5CC5)c4)C3)nc(-c3ccc(F)cc3F)c2nc1C(F)(F)F. The van der Waals surface area contributed by atoms with E-state index in [1.165, 1.54) is 6.92 Å². The molecule has 37 heavy (non-hydrogen) atoms. The van der Waals surface area contributed by atoms with Gasteiger partial charge < -0.3 is 4.74 Å². The van der Waals surface area contributed by atoms with Gasteiger partial charge >= 0.3 is 6.18 Å². The van der Waals surface area contributed by atoms with Gasteiger partial charge in [-0.15, -0.1) is 0 Å². The van der Waals surface area contributed by atoms with E-state index in [-0.39, 0.29) is 40.0 Å². The molecule has 0 spiro atoms. The Hall–Kier alpha value is -3.47. The maximum Gasteiger partial charge on any atom is 0.435 e. The van der Waals surface area contributed by atoms with Crippen molar-refractivity contribution in [2.45, 2.75) is 56.8 Å². The van der Waals surface area contributed by atoms with Crippen molar-refractivity contribution >= 4 is 11.0 Å². The lowest BCUT2D eigenvalue weighted by Gasteiger charge is -2.29. The van der Waals surface area contributed by atoms with Crippen molar-refractivity contribution in [1.82, 2.24) is 24.7 Å². The van der Waals surface area contributed by atoms with Crippen molar-refractivity contribution in [1.29, 1.82) is 0 Å². The summed E-state index contributed by atoms with van der Waals surface area (Å²) in [6, 6.07) is 4.91. The number of ether oxygens (including phenoxy) is 1. The van der Waals surface area contributed by atoms with Gasteiger partial charge in [-0.3, -0.25) is 4.68 Å².